The highest BCUT2D eigenvalue weighted by Crippen LogP contribution is 2.31. The van der Waals surface area contributed by atoms with Crippen molar-refractivity contribution in [1.29, 1.82) is 0 Å². The molecule has 142 valence electrons. The molecule has 1 amide bonds. The number of nitrogens with zero attached hydrogens (tertiary/aromatic N) is 1. The highest BCUT2D eigenvalue weighted by Gasteiger charge is 2.24. The van der Waals surface area contributed by atoms with E-state index < -0.39 is 0 Å². The fraction of sp³-hybridized carbons (Fsp3) is 0.174. The van der Waals surface area contributed by atoms with E-state index in [9.17, 15) is 4.79 Å². The summed E-state index contributed by atoms with van der Waals surface area (Å²) in [5.41, 5.74) is 0.597. The Kier molecular flexibility index (Phi) is 5.15. The zero-order chi connectivity index (χ0) is 19.3. The molecular formula is C23H21NO4. The standard InChI is InChI=1S/C23H21NO4/c1-24(15-20-16-26-21-9-5-6-10-22(21)28-20)23(25)17-11-13-19(14-12-17)27-18-7-3-2-4-8-18/h2-14,20H,15-16H2,1H3. The van der Waals surface area contributed by atoms with Crippen LogP contribution in [0.1, 0.15) is 10.4 Å². The molecule has 0 bridgehead atoms. The van der Waals surface area contributed by atoms with Crippen LogP contribution >= 0.6 is 0 Å². The van der Waals surface area contributed by atoms with Crippen molar-refractivity contribution in [2.24, 2.45) is 0 Å². The van der Waals surface area contributed by atoms with E-state index in [0.29, 0.717) is 30.2 Å². The number of ether oxygens (including phenoxy) is 3. The maximum absolute atomic E-state index is 12.7. The molecule has 28 heavy (non-hydrogen) atoms. The number of carbonyl (C=O) groups excluding carboxylic acids is 1. The van der Waals surface area contributed by atoms with Crippen LogP contribution in [0.3, 0.4) is 0 Å². The van der Waals surface area contributed by atoms with Gasteiger partial charge >= 0.3 is 0 Å². The van der Waals surface area contributed by atoms with E-state index in [2.05, 4.69) is 0 Å². The number of amides is 1. The van der Waals surface area contributed by atoms with E-state index in [1.807, 2.05) is 54.6 Å². The summed E-state index contributed by atoms with van der Waals surface area (Å²) in [5.74, 6) is 2.82. The van der Waals surface area contributed by atoms with E-state index in [4.69, 9.17) is 14.2 Å². The van der Waals surface area contributed by atoms with Crippen LogP contribution in [-0.4, -0.2) is 37.1 Å². The number of rotatable bonds is 5. The topological polar surface area (TPSA) is 48.0 Å². The maximum Gasteiger partial charge on any atom is 0.253 e. The number of benzene rings is 3. The zero-order valence-electron chi connectivity index (χ0n) is 15.6. The van der Waals surface area contributed by atoms with Crippen molar-refractivity contribution >= 4 is 5.91 Å². The normalized spacial score (nSPS) is 15.0. The Balaban J connectivity index is 1.36. The van der Waals surface area contributed by atoms with Gasteiger partial charge in [0.05, 0.1) is 6.54 Å². The summed E-state index contributed by atoms with van der Waals surface area (Å²) in [6.07, 6.45) is -0.204. The van der Waals surface area contributed by atoms with Crippen LogP contribution in [0.2, 0.25) is 0 Å². The van der Waals surface area contributed by atoms with Gasteiger partial charge < -0.3 is 19.1 Å². The molecule has 1 aliphatic heterocycles. The molecule has 1 aliphatic rings. The van der Waals surface area contributed by atoms with Crippen molar-refractivity contribution < 1.29 is 19.0 Å². The van der Waals surface area contributed by atoms with E-state index in [1.165, 1.54) is 0 Å². The second-order valence-corrected chi connectivity index (χ2v) is 6.62. The number of hydrogen-bond donors (Lipinski definition) is 0. The van der Waals surface area contributed by atoms with Crippen molar-refractivity contribution in [2.75, 3.05) is 20.2 Å². The fourth-order valence-electron chi connectivity index (χ4n) is 3.05. The molecule has 0 saturated carbocycles. The van der Waals surface area contributed by atoms with Crippen LogP contribution in [0.5, 0.6) is 23.0 Å². The van der Waals surface area contributed by atoms with Crippen molar-refractivity contribution in [3.8, 4) is 23.0 Å². The first-order chi connectivity index (χ1) is 13.7. The maximum atomic E-state index is 12.7. The first-order valence-corrected chi connectivity index (χ1v) is 9.16. The summed E-state index contributed by atoms with van der Waals surface area (Å²) >= 11 is 0. The van der Waals surface area contributed by atoms with Gasteiger partial charge in [-0.25, -0.2) is 0 Å². The third-order valence-electron chi connectivity index (χ3n) is 4.47. The average Bonchev–Trinajstić information content (AvgIpc) is 2.74. The largest absolute Gasteiger partial charge is 0.486 e. The molecular weight excluding hydrogens is 354 g/mol. The van der Waals surface area contributed by atoms with Gasteiger partial charge in [-0.15, -0.1) is 0 Å². The van der Waals surface area contributed by atoms with Crippen LogP contribution in [-0.2, 0) is 0 Å². The highest BCUT2D eigenvalue weighted by molar-refractivity contribution is 5.94. The van der Waals surface area contributed by atoms with Gasteiger partial charge in [0.1, 0.15) is 18.1 Å². The molecule has 0 aliphatic carbocycles. The zero-order valence-corrected chi connectivity index (χ0v) is 15.6. The molecule has 0 fully saturated rings. The summed E-state index contributed by atoms with van der Waals surface area (Å²) in [7, 11) is 1.76. The lowest BCUT2D eigenvalue weighted by molar-refractivity contribution is 0.0521. The molecule has 3 aromatic carbocycles. The molecule has 5 nitrogen and oxygen atoms in total. The molecule has 0 aromatic heterocycles. The first-order valence-electron chi connectivity index (χ1n) is 9.16. The lowest BCUT2D eigenvalue weighted by Gasteiger charge is -2.29. The SMILES string of the molecule is CN(CC1COc2ccccc2O1)C(=O)c1ccc(Oc2ccccc2)cc1. The van der Waals surface area contributed by atoms with Crippen LogP contribution < -0.4 is 14.2 Å². The van der Waals surface area contributed by atoms with Crippen molar-refractivity contribution in [1.82, 2.24) is 4.90 Å². The van der Waals surface area contributed by atoms with Crippen LogP contribution in [0.25, 0.3) is 0 Å². The Labute approximate surface area is 164 Å². The molecule has 5 heteroatoms. The van der Waals surface area contributed by atoms with Crippen molar-refractivity contribution in [3.05, 3.63) is 84.4 Å². The van der Waals surface area contributed by atoms with E-state index >= 15 is 0 Å². The highest BCUT2D eigenvalue weighted by atomic mass is 16.6. The molecule has 1 atom stereocenters. The van der Waals surface area contributed by atoms with Crippen LogP contribution in [0, 0.1) is 0 Å². The predicted octanol–water partition coefficient (Wildman–Crippen LogP) is 4.39. The molecule has 1 heterocycles. The molecule has 0 radical (unpaired) electrons. The van der Waals surface area contributed by atoms with Crippen LogP contribution in [0.15, 0.2) is 78.9 Å². The predicted molar refractivity (Wildman–Crippen MR) is 106 cm³/mol. The number of likely N-dealkylation sites (N-methyl/N-ethyl adjacent to an activating group) is 1. The minimum atomic E-state index is -0.204. The minimum Gasteiger partial charge on any atom is -0.486 e. The lowest BCUT2D eigenvalue weighted by Crippen LogP contribution is -2.41. The Morgan fingerprint density at radius 2 is 1.57 bits per heavy atom. The van der Waals surface area contributed by atoms with E-state index in [-0.39, 0.29) is 12.0 Å². The van der Waals surface area contributed by atoms with Gasteiger partial charge in [-0.2, -0.15) is 0 Å². The van der Waals surface area contributed by atoms with Gasteiger partial charge in [-0.05, 0) is 48.5 Å². The lowest BCUT2D eigenvalue weighted by atomic mass is 10.2. The monoisotopic (exact) mass is 375 g/mol. The number of para-hydroxylation sites is 3. The first kappa shape index (κ1) is 17.9. The number of hydrogen-bond acceptors (Lipinski definition) is 4. The third-order valence-corrected chi connectivity index (χ3v) is 4.47. The van der Waals surface area contributed by atoms with Crippen molar-refractivity contribution in [3.63, 3.8) is 0 Å². The van der Waals surface area contributed by atoms with Gasteiger partial charge in [0.25, 0.3) is 5.91 Å². The summed E-state index contributed by atoms with van der Waals surface area (Å²) in [6, 6.07) is 24.2. The van der Waals surface area contributed by atoms with E-state index in [1.54, 1.807) is 36.2 Å². The summed E-state index contributed by atoms with van der Waals surface area (Å²) in [4.78, 5) is 14.4. The van der Waals surface area contributed by atoms with E-state index in [0.717, 1.165) is 11.5 Å². The molecule has 4 rings (SSSR count). The Morgan fingerprint density at radius 3 is 2.32 bits per heavy atom. The van der Waals surface area contributed by atoms with Gasteiger partial charge in [0, 0.05) is 12.6 Å². The average molecular weight is 375 g/mol. The smallest absolute Gasteiger partial charge is 0.253 e. The molecule has 0 spiro atoms. The van der Waals surface area contributed by atoms with Gasteiger partial charge in [-0.3, -0.25) is 4.79 Å². The Hall–Kier alpha value is -3.47. The third kappa shape index (κ3) is 4.09. The quantitative estimate of drug-likeness (QED) is 0.664. The summed E-state index contributed by atoms with van der Waals surface area (Å²) in [6.45, 7) is 0.855. The summed E-state index contributed by atoms with van der Waals surface area (Å²) < 4.78 is 17.4. The minimum absolute atomic E-state index is 0.0753. The molecule has 0 saturated heterocycles. The van der Waals surface area contributed by atoms with Gasteiger partial charge in [-0.1, -0.05) is 30.3 Å². The van der Waals surface area contributed by atoms with Crippen LogP contribution in [0.4, 0.5) is 0 Å². The molecule has 0 N–H and O–H groups in total. The van der Waals surface area contributed by atoms with Gasteiger partial charge in [0.15, 0.2) is 17.6 Å². The summed E-state index contributed by atoms with van der Waals surface area (Å²) in [5, 5.41) is 0. The Morgan fingerprint density at radius 1 is 0.929 bits per heavy atom. The second-order valence-electron chi connectivity index (χ2n) is 6.62. The van der Waals surface area contributed by atoms with Crippen molar-refractivity contribution in [2.45, 2.75) is 6.10 Å². The number of carbonyl (C=O) groups is 1. The Bertz CT molecular complexity index is 940. The van der Waals surface area contributed by atoms with Gasteiger partial charge in [0.2, 0.25) is 0 Å². The number of fused-ring (bicyclic) bond motifs is 1. The second kappa shape index (κ2) is 8.05. The fourth-order valence-corrected chi connectivity index (χ4v) is 3.05. The molecule has 1 unspecified atom stereocenters. The molecule has 3 aromatic rings.